The van der Waals surface area contributed by atoms with E-state index in [0.717, 1.165) is 79.9 Å². The van der Waals surface area contributed by atoms with Gasteiger partial charge in [-0.25, -0.2) is 4.98 Å². The molecule has 0 spiro atoms. The van der Waals surface area contributed by atoms with Gasteiger partial charge in [-0.15, -0.1) is 0 Å². The highest BCUT2D eigenvalue weighted by molar-refractivity contribution is 5.95. The van der Waals surface area contributed by atoms with Gasteiger partial charge in [-0.3, -0.25) is 4.79 Å². The van der Waals surface area contributed by atoms with E-state index in [4.69, 9.17) is 9.72 Å². The Labute approximate surface area is 214 Å². The van der Waals surface area contributed by atoms with Gasteiger partial charge in [0, 0.05) is 25.1 Å². The van der Waals surface area contributed by atoms with Crippen LogP contribution in [0.15, 0.2) is 72.8 Å². The molecule has 1 heterocycles. The van der Waals surface area contributed by atoms with E-state index >= 15 is 0 Å². The van der Waals surface area contributed by atoms with E-state index in [9.17, 15) is 4.79 Å². The number of para-hydroxylation sites is 3. The fourth-order valence-electron chi connectivity index (χ4n) is 4.59. The van der Waals surface area contributed by atoms with Gasteiger partial charge in [0.15, 0.2) is 0 Å². The van der Waals surface area contributed by atoms with Crippen LogP contribution in [0.2, 0.25) is 0 Å². The van der Waals surface area contributed by atoms with E-state index in [1.54, 1.807) is 0 Å². The van der Waals surface area contributed by atoms with Crippen LogP contribution in [-0.2, 0) is 13.0 Å². The Balaban J connectivity index is 1.22. The number of carbonyl (C=O) groups excluding carboxylic acids is 1. The van der Waals surface area contributed by atoms with Crippen LogP contribution in [0.3, 0.4) is 0 Å². The lowest BCUT2D eigenvalue weighted by atomic mass is 10.1. The van der Waals surface area contributed by atoms with Crippen molar-refractivity contribution in [3.05, 3.63) is 95.3 Å². The minimum absolute atomic E-state index is 0.0190. The summed E-state index contributed by atoms with van der Waals surface area (Å²) in [4.78, 5) is 17.4. The number of aryl methyl sites for hydroxylation is 4. The van der Waals surface area contributed by atoms with Gasteiger partial charge in [0.25, 0.3) is 5.91 Å². The summed E-state index contributed by atoms with van der Waals surface area (Å²) >= 11 is 0. The quantitative estimate of drug-likeness (QED) is 0.217. The van der Waals surface area contributed by atoms with E-state index in [-0.39, 0.29) is 5.91 Å². The van der Waals surface area contributed by atoms with Crippen LogP contribution in [0, 0.1) is 13.8 Å². The van der Waals surface area contributed by atoms with Crippen molar-refractivity contribution in [2.24, 2.45) is 0 Å². The molecule has 0 aliphatic carbocycles. The van der Waals surface area contributed by atoms with Gasteiger partial charge in [-0.1, -0.05) is 54.4 Å². The van der Waals surface area contributed by atoms with Crippen molar-refractivity contribution < 1.29 is 9.53 Å². The van der Waals surface area contributed by atoms with Crippen molar-refractivity contribution >= 4 is 16.9 Å². The number of fused-ring (bicyclic) bond motifs is 1. The van der Waals surface area contributed by atoms with Crippen molar-refractivity contribution in [3.63, 3.8) is 0 Å². The lowest BCUT2D eigenvalue weighted by Crippen LogP contribution is -2.25. The maximum atomic E-state index is 12.5. The predicted molar refractivity (Wildman–Crippen MR) is 147 cm³/mol. The van der Waals surface area contributed by atoms with Crippen LogP contribution < -0.4 is 10.1 Å². The van der Waals surface area contributed by atoms with Crippen molar-refractivity contribution in [1.82, 2.24) is 14.9 Å². The normalized spacial score (nSPS) is 11.1. The highest BCUT2D eigenvalue weighted by atomic mass is 16.5. The predicted octanol–water partition coefficient (Wildman–Crippen LogP) is 6.66. The molecule has 0 aliphatic rings. The number of nitrogens with zero attached hydrogens (tertiary/aromatic N) is 2. The van der Waals surface area contributed by atoms with Crippen LogP contribution in [-0.4, -0.2) is 28.6 Å². The Morgan fingerprint density at radius 3 is 2.53 bits per heavy atom. The zero-order valence-electron chi connectivity index (χ0n) is 21.5. The Morgan fingerprint density at radius 1 is 0.889 bits per heavy atom. The fourth-order valence-corrected chi connectivity index (χ4v) is 4.59. The SMILES string of the molecule is Cc1ccc(C(=O)NCCCCCc2nc3ccccc3n2CCCCOc2ccccc2)c(C)c1. The second-order valence-electron chi connectivity index (χ2n) is 9.42. The van der Waals surface area contributed by atoms with Crippen LogP contribution in [0.1, 0.15) is 59.4 Å². The molecule has 0 saturated carbocycles. The highest BCUT2D eigenvalue weighted by Crippen LogP contribution is 2.19. The Kier molecular flexibility index (Phi) is 9.15. The molecule has 0 fully saturated rings. The van der Waals surface area contributed by atoms with Crippen LogP contribution >= 0.6 is 0 Å². The molecular weight excluding hydrogens is 446 g/mol. The number of amides is 1. The number of nitrogens with one attached hydrogen (secondary N) is 1. The summed E-state index contributed by atoms with van der Waals surface area (Å²) in [5.41, 5.74) is 5.24. The highest BCUT2D eigenvalue weighted by Gasteiger charge is 2.11. The first-order chi connectivity index (χ1) is 17.6. The number of carbonyl (C=O) groups is 1. The minimum atomic E-state index is 0.0190. The van der Waals surface area contributed by atoms with Gasteiger partial charge in [-0.2, -0.15) is 0 Å². The van der Waals surface area contributed by atoms with Crippen molar-refractivity contribution in [2.45, 2.75) is 58.9 Å². The maximum Gasteiger partial charge on any atom is 0.251 e. The monoisotopic (exact) mass is 483 g/mol. The number of rotatable bonds is 13. The second kappa shape index (κ2) is 12.9. The lowest BCUT2D eigenvalue weighted by molar-refractivity contribution is 0.0952. The summed E-state index contributed by atoms with van der Waals surface area (Å²) in [6.07, 6.45) is 6.07. The maximum absolute atomic E-state index is 12.5. The summed E-state index contributed by atoms with van der Waals surface area (Å²) in [5.74, 6) is 2.10. The number of hydrogen-bond acceptors (Lipinski definition) is 3. The van der Waals surface area contributed by atoms with Crippen LogP contribution in [0.4, 0.5) is 0 Å². The molecule has 0 radical (unpaired) electrons. The molecular formula is C31H37N3O2. The Morgan fingerprint density at radius 2 is 1.69 bits per heavy atom. The number of hydrogen-bond donors (Lipinski definition) is 1. The molecule has 188 valence electrons. The van der Waals surface area contributed by atoms with E-state index in [0.29, 0.717) is 6.54 Å². The van der Waals surface area contributed by atoms with E-state index in [1.165, 1.54) is 11.1 Å². The molecule has 0 bridgehead atoms. The van der Waals surface area contributed by atoms with Crippen LogP contribution in [0.25, 0.3) is 11.0 Å². The average Bonchev–Trinajstić information content (AvgIpc) is 3.23. The van der Waals surface area contributed by atoms with E-state index < -0.39 is 0 Å². The van der Waals surface area contributed by atoms with E-state index in [2.05, 4.69) is 40.2 Å². The molecule has 4 aromatic rings. The molecule has 3 aromatic carbocycles. The third-order valence-electron chi connectivity index (χ3n) is 6.51. The molecule has 5 nitrogen and oxygen atoms in total. The standard InChI is InChI=1S/C31H37N3O2/c1-24-18-19-27(25(2)23-24)31(35)32-20-10-4-7-17-30-33-28-15-8-9-16-29(28)34(30)21-11-12-22-36-26-13-5-3-6-14-26/h3,5-6,8-9,13-16,18-19,23H,4,7,10-12,17,20-22H2,1-2H3,(H,32,35). The van der Waals surface area contributed by atoms with Gasteiger partial charge >= 0.3 is 0 Å². The van der Waals surface area contributed by atoms with Crippen molar-refractivity contribution in [3.8, 4) is 5.75 Å². The molecule has 5 heteroatoms. The minimum Gasteiger partial charge on any atom is -0.494 e. The largest absolute Gasteiger partial charge is 0.494 e. The summed E-state index contributed by atoms with van der Waals surface area (Å²) in [6.45, 7) is 6.40. The molecule has 36 heavy (non-hydrogen) atoms. The van der Waals surface area contributed by atoms with Gasteiger partial charge in [-0.05, 0) is 75.4 Å². The molecule has 1 amide bonds. The number of ether oxygens (including phenoxy) is 1. The summed E-state index contributed by atoms with van der Waals surface area (Å²) in [5, 5.41) is 3.07. The average molecular weight is 484 g/mol. The third kappa shape index (κ3) is 6.97. The number of imidazole rings is 1. The Bertz CT molecular complexity index is 1260. The Hall–Kier alpha value is -3.60. The zero-order chi connectivity index (χ0) is 25.2. The van der Waals surface area contributed by atoms with Gasteiger partial charge in [0.2, 0.25) is 0 Å². The van der Waals surface area contributed by atoms with Crippen molar-refractivity contribution in [2.75, 3.05) is 13.2 Å². The first-order valence-corrected chi connectivity index (χ1v) is 13.1. The summed E-state index contributed by atoms with van der Waals surface area (Å²) in [6, 6.07) is 24.3. The molecule has 0 aliphatic heterocycles. The topological polar surface area (TPSA) is 56.2 Å². The zero-order valence-corrected chi connectivity index (χ0v) is 21.5. The van der Waals surface area contributed by atoms with Gasteiger partial charge in [0.1, 0.15) is 11.6 Å². The molecule has 4 rings (SSSR count). The molecule has 0 atom stereocenters. The molecule has 0 saturated heterocycles. The molecule has 1 aromatic heterocycles. The third-order valence-corrected chi connectivity index (χ3v) is 6.51. The van der Waals surface area contributed by atoms with E-state index in [1.807, 2.05) is 56.3 Å². The molecule has 0 unspecified atom stereocenters. The second-order valence-corrected chi connectivity index (χ2v) is 9.42. The lowest BCUT2D eigenvalue weighted by Gasteiger charge is -2.11. The summed E-state index contributed by atoms with van der Waals surface area (Å²) in [7, 11) is 0. The van der Waals surface area contributed by atoms with Crippen molar-refractivity contribution in [1.29, 1.82) is 0 Å². The number of benzene rings is 3. The van der Waals surface area contributed by atoms with Gasteiger partial charge in [0.05, 0.1) is 17.6 Å². The van der Waals surface area contributed by atoms with Crippen LogP contribution in [0.5, 0.6) is 5.75 Å². The molecule has 1 N–H and O–H groups in total. The summed E-state index contributed by atoms with van der Waals surface area (Å²) < 4.78 is 8.22. The number of unbranched alkanes of at least 4 members (excludes halogenated alkanes) is 3. The first-order valence-electron chi connectivity index (χ1n) is 13.1. The van der Waals surface area contributed by atoms with Gasteiger partial charge < -0.3 is 14.6 Å². The smallest absolute Gasteiger partial charge is 0.251 e. The fraction of sp³-hybridized carbons (Fsp3) is 0.355. The first kappa shape index (κ1) is 25.5. The number of aromatic nitrogens is 2.